The Morgan fingerprint density at radius 2 is 2.21 bits per heavy atom. The van der Waals surface area contributed by atoms with Gasteiger partial charge in [0.1, 0.15) is 5.82 Å². The fraction of sp³-hybridized carbons (Fsp3) is 0.286. The molecule has 0 atom stereocenters. The molecule has 0 saturated carbocycles. The average Bonchev–Trinajstić information content (AvgIpc) is 2.01. The van der Waals surface area contributed by atoms with Crippen molar-refractivity contribution >= 4 is 21.5 Å². The first-order valence-electron chi connectivity index (χ1n) is 3.93. The first-order valence-corrected chi connectivity index (χ1v) is 5.65. The third kappa shape index (κ3) is 4.06. The Balaban J connectivity index is 2.47. The first kappa shape index (κ1) is 10.7. The molecule has 14 heavy (non-hydrogen) atoms. The van der Waals surface area contributed by atoms with Gasteiger partial charge in [0, 0.05) is 24.5 Å². The molecule has 0 aromatic carbocycles. The molecule has 1 heterocycles. The van der Waals surface area contributed by atoms with Gasteiger partial charge in [0.15, 0.2) is 0 Å². The van der Waals surface area contributed by atoms with Crippen LogP contribution in [0.4, 0.5) is 11.5 Å². The third-order valence-corrected chi connectivity index (χ3v) is 2.27. The van der Waals surface area contributed by atoms with Gasteiger partial charge in [-0.15, -0.1) is 0 Å². The number of hydrogen-bond acceptors (Lipinski definition) is 5. The van der Waals surface area contributed by atoms with Crippen molar-refractivity contribution in [3.05, 3.63) is 18.3 Å². The summed E-state index contributed by atoms with van der Waals surface area (Å²) in [6, 6.07) is 3.31. The molecular weight excluding hydrogens is 204 g/mol. The van der Waals surface area contributed by atoms with Crippen LogP contribution in [0.1, 0.15) is 0 Å². The summed E-state index contributed by atoms with van der Waals surface area (Å²) in [5, 5.41) is 7.69. The highest BCUT2D eigenvalue weighted by molar-refractivity contribution is 7.89. The normalized spacial score (nSPS) is 11.2. The molecular formula is C7H12N4O2S. The Morgan fingerprint density at radius 3 is 2.79 bits per heavy atom. The van der Waals surface area contributed by atoms with E-state index in [9.17, 15) is 8.42 Å². The van der Waals surface area contributed by atoms with E-state index in [-0.39, 0.29) is 12.3 Å². The van der Waals surface area contributed by atoms with Crippen molar-refractivity contribution in [1.29, 1.82) is 0 Å². The average molecular weight is 216 g/mol. The van der Waals surface area contributed by atoms with Gasteiger partial charge in [0.05, 0.1) is 5.75 Å². The summed E-state index contributed by atoms with van der Waals surface area (Å²) in [4.78, 5) is 3.79. The molecule has 0 saturated heterocycles. The van der Waals surface area contributed by atoms with Crippen LogP contribution >= 0.6 is 0 Å². The Morgan fingerprint density at radius 1 is 1.50 bits per heavy atom. The number of pyridine rings is 1. The number of nitrogens with zero attached hydrogens (tertiary/aromatic N) is 1. The van der Waals surface area contributed by atoms with Crippen molar-refractivity contribution in [1.82, 2.24) is 4.98 Å². The fourth-order valence-corrected chi connectivity index (χ4v) is 1.28. The first-order chi connectivity index (χ1) is 6.47. The second-order valence-electron chi connectivity index (χ2n) is 2.76. The number of rotatable bonds is 4. The Hall–Kier alpha value is -1.34. The SMILES string of the molecule is Nc1cc(NCCS(N)(=O)=O)ccn1. The maximum atomic E-state index is 10.6. The van der Waals surface area contributed by atoms with Crippen LogP contribution < -0.4 is 16.2 Å². The van der Waals surface area contributed by atoms with E-state index in [1.165, 1.54) is 6.20 Å². The lowest BCUT2D eigenvalue weighted by Gasteiger charge is -2.04. The molecule has 7 heteroatoms. The molecule has 78 valence electrons. The zero-order chi connectivity index (χ0) is 10.6. The maximum absolute atomic E-state index is 10.6. The number of primary sulfonamides is 1. The van der Waals surface area contributed by atoms with Crippen molar-refractivity contribution in [2.45, 2.75) is 0 Å². The van der Waals surface area contributed by atoms with Crippen molar-refractivity contribution in [3.8, 4) is 0 Å². The molecule has 0 aliphatic carbocycles. The summed E-state index contributed by atoms with van der Waals surface area (Å²) in [5.74, 6) is 0.264. The lowest BCUT2D eigenvalue weighted by molar-refractivity contribution is 0.598. The molecule has 0 amide bonds. The Bertz CT molecular complexity index is 404. The fourth-order valence-electron chi connectivity index (χ4n) is 0.896. The molecule has 1 aromatic heterocycles. The monoisotopic (exact) mass is 216 g/mol. The van der Waals surface area contributed by atoms with Gasteiger partial charge in [-0.25, -0.2) is 18.5 Å². The highest BCUT2D eigenvalue weighted by Gasteiger charge is 2.01. The summed E-state index contributed by atoms with van der Waals surface area (Å²) in [7, 11) is -3.41. The van der Waals surface area contributed by atoms with Crippen LogP contribution in [0.3, 0.4) is 0 Å². The van der Waals surface area contributed by atoms with Gasteiger partial charge in [0.25, 0.3) is 0 Å². The van der Waals surface area contributed by atoms with Gasteiger partial charge in [-0.2, -0.15) is 0 Å². The van der Waals surface area contributed by atoms with Gasteiger partial charge in [0.2, 0.25) is 10.0 Å². The molecule has 6 nitrogen and oxygen atoms in total. The molecule has 0 fully saturated rings. The molecule has 5 N–H and O–H groups in total. The van der Waals surface area contributed by atoms with Crippen molar-refractivity contribution < 1.29 is 8.42 Å². The van der Waals surface area contributed by atoms with E-state index in [0.717, 1.165) is 5.69 Å². The van der Waals surface area contributed by atoms with Crippen LogP contribution in [0.25, 0.3) is 0 Å². The molecule has 0 radical (unpaired) electrons. The number of aromatic nitrogens is 1. The molecule has 0 unspecified atom stereocenters. The number of nitrogens with one attached hydrogen (secondary N) is 1. The predicted octanol–water partition coefficient (Wildman–Crippen LogP) is -0.636. The van der Waals surface area contributed by atoms with E-state index in [1.54, 1.807) is 12.1 Å². The topological polar surface area (TPSA) is 111 Å². The standard InChI is InChI=1S/C7H12N4O2S/c8-7-5-6(1-2-11-7)10-3-4-14(9,12)13/h1-2,5H,3-4H2,(H3,8,10,11)(H2,9,12,13). The highest BCUT2D eigenvalue weighted by atomic mass is 32.2. The number of hydrogen-bond donors (Lipinski definition) is 3. The summed E-state index contributed by atoms with van der Waals surface area (Å²) in [5.41, 5.74) is 6.15. The van der Waals surface area contributed by atoms with E-state index in [4.69, 9.17) is 10.9 Å². The largest absolute Gasteiger partial charge is 0.384 e. The Kier molecular flexibility index (Phi) is 3.26. The minimum absolute atomic E-state index is 0.116. The highest BCUT2D eigenvalue weighted by Crippen LogP contribution is 2.07. The smallest absolute Gasteiger partial charge is 0.210 e. The quantitative estimate of drug-likeness (QED) is 0.620. The van der Waals surface area contributed by atoms with Crippen LogP contribution in [0.15, 0.2) is 18.3 Å². The van der Waals surface area contributed by atoms with Gasteiger partial charge in [-0.05, 0) is 6.07 Å². The predicted molar refractivity (Wildman–Crippen MR) is 55.1 cm³/mol. The van der Waals surface area contributed by atoms with Crippen molar-refractivity contribution in [2.24, 2.45) is 5.14 Å². The van der Waals surface area contributed by atoms with Crippen LogP contribution in [0.2, 0.25) is 0 Å². The lowest BCUT2D eigenvalue weighted by Crippen LogP contribution is -2.22. The summed E-state index contributed by atoms with van der Waals surface area (Å²) in [6.45, 7) is 0.252. The number of sulfonamides is 1. The number of nitrogen functional groups attached to an aromatic ring is 1. The minimum atomic E-state index is -3.41. The second kappa shape index (κ2) is 4.25. The zero-order valence-corrected chi connectivity index (χ0v) is 8.29. The van der Waals surface area contributed by atoms with Crippen LogP contribution in [-0.2, 0) is 10.0 Å². The van der Waals surface area contributed by atoms with Gasteiger partial charge >= 0.3 is 0 Å². The summed E-state index contributed by atoms with van der Waals surface area (Å²) in [6.07, 6.45) is 1.54. The molecule has 0 aliphatic rings. The summed E-state index contributed by atoms with van der Waals surface area (Å²) >= 11 is 0. The Labute approximate surface area is 82.4 Å². The maximum Gasteiger partial charge on any atom is 0.210 e. The van der Waals surface area contributed by atoms with E-state index in [1.807, 2.05) is 0 Å². The molecule has 0 bridgehead atoms. The minimum Gasteiger partial charge on any atom is -0.384 e. The van der Waals surface area contributed by atoms with E-state index < -0.39 is 10.0 Å². The van der Waals surface area contributed by atoms with E-state index >= 15 is 0 Å². The van der Waals surface area contributed by atoms with Gasteiger partial charge < -0.3 is 11.1 Å². The summed E-state index contributed by atoms with van der Waals surface area (Å²) < 4.78 is 21.2. The van der Waals surface area contributed by atoms with Crippen molar-refractivity contribution in [3.63, 3.8) is 0 Å². The van der Waals surface area contributed by atoms with Crippen LogP contribution in [0, 0.1) is 0 Å². The molecule has 0 aliphatic heterocycles. The van der Waals surface area contributed by atoms with Crippen LogP contribution in [0.5, 0.6) is 0 Å². The molecule has 1 aromatic rings. The van der Waals surface area contributed by atoms with Crippen LogP contribution in [-0.4, -0.2) is 25.7 Å². The molecule has 1 rings (SSSR count). The lowest BCUT2D eigenvalue weighted by atomic mass is 10.4. The third-order valence-electron chi connectivity index (χ3n) is 1.50. The number of nitrogens with two attached hydrogens (primary N) is 2. The van der Waals surface area contributed by atoms with Gasteiger partial charge in [-0.1, -0.05) is 0 Å². The molecule has 0 spiro atoms. The number of anilines is 2. The van der Waals surface area contributed by atoms with Crippen molar-refractivity contribution in [2.75, 3.05) is 23.3 Å². The van der Waals surface area contributed by atoms with E-state index in [2.05, 4.69) is 10.3 Å². The van der Waals surface area contributed by atoms with E-state index in [0.29, 0.717) is 5.82 Å². The zero-order valence-electron chi connectivity index (χ0n) is 7.47. The second-order valence-corrected chi connectivity index (χ2v) is 4.50. The van der Waals surface area contributed by atoms with Gasteiger partial charge in [-0.3, -0.25) is 0 Å².